The summed E-state index contributed by atoms with van der Waals surface area (Å²) in [6.07, 6.45) is 0. The first-order valence-corrected chi connectivity index (χ1v) is 7.90. The van der Waals surface area contributed by atoms with E-state index in [9.17, 15) is 8.42 Å². The van der Waals surface area contributed by atoms with E-state index in [0.29, 0.717) is 19.6 Å². The summed E-state index contributed by atoms with van der Waals surface area (Å²) in [6.45, 7) is 8.66. The quantitative estimate of drug-likeness (QED) is 0.777. The minimum atomic E-state index is -3.31. The molecule has 0 aromatic heterocycles. The van der Waals surface area contributed by atoms with Crippen LogP contribution < -0.4 is 5.73 Å². The first-order valence-electron chi connectivity index (χ1n) is 6.29. The molecule has 106 valence electrons. The molecule has 0 saturated heterocycles. The van der Waals surface area contributed by atoms with E-state index in [-0.39, 0.29) is 5.75 Å². The molecule has 1 aromatic rings. The summed E-state index contributed by atoms with van der Waals surface area (Å²) >= 11 is 0. The number of hydrogen-bond donors (Lipinski definition) is 1. The molecule has 2 N–H and O–H groups in total. The molecule has 0 heterocycles. The zero-order chi connectivity index (χ0) is 14.5. The van der Waals surface area contributed by atoms with E-state index in [4.69, 9.17) is 5.73 Å². The molecule has 4 nitrogen and oxygen atoms in total. The summed E-state index contributed by atoms with van der Waals surface area (Å²) in [6, 6.07) is 7.38. The predicted molar refractivity (Wildman–Crippen MR) is 79.0 cm³/mol. The van der Waals surface area contributed by atoms with Crippen molar-refractivity contribution in [2.24, 2.45) is 5.73 Å². The molecule has 1 aromatic carbocycles. The van der Waals surface area contributed by atoms with Crippen molar-refractivity contribution in [3.05, 3.63) is 47.5 Å². The van der Waals surface area contributed by atoms with Crippen LogP contribution in [0.5, 0.6) is 0 Å². The van der Waals surface area contributed by atoms with Crippen molar-refractivity contribution in [2.45, 2.75) is 26.1 Å². The van der Waals surface area contributed by atoms with Crippen molar-refractivity contribution in [3.63, 3.8) is 0 Å². The standard InChI is InChI=1S/C14H22N2O2S/c1-4-16(10-12(2)3)19(17,18)11-14-7-5-6-13(8-14)9-15/h5-8H,2,4,9-11,15H2,1,3H3. The summed E-state index contributed by atoms with van der Waals surface area (Å²) in [5, 5.41) is 0. The van der Waals surface area contributed by atoms with Gasteiger partial charge in [-0.25, -0.2) is 8.42 Å². The minimum absolute atomic E-state index is 0.00194. The molecule has 19 heavy (non-hydrogen) atoms. The smallest absolute Gasteiger partial charge is 0.218 e. The highest BCUT2D eigenvalue weighted by atomic mass is 32.2. The third-order valence-electron chi connectivity index (χ3n) is 2.77. The molecule has 0 aliphatic heterocycles. The van der Waals surface area contributed by atoms with Crippen LogP contribution in [0.2, 0.25) is 0 Å². The van der Waals surface area contributed by atoms with E-state index in [0.717, 1.165) is 16.7 Å². The van der Waals surface area contributed by atoms with Gasteiger partial charge in [-0.3, -0.25) is 0 Å². The molecule has 0 unspecified atom stereocenters. The van der Waals surface area contributed by atoms with Crippen LogP contribution in [0.15, 0.2) is 36.4 Å². The minimum Gasteiger partial charge on any atom is -0.326 e. The second-order valence-electron chi connectivity index (χ2n) is 4.66. The number of likely N-dealkylation sites (N-methyl/N-ethyl adjacent to an activating group) is 1. The van der Waals surface area contributed by atoms with E-state index in [2.05, 4.69) is 6.58 Å². The van der Waals surface area contributed by atoms with Gasteiger partial charge in [0, 0.05) is 19.6 Å². The molecular formula is C14H22N2O2S. The van der Waals surface area contributed by atoms with Crippen LogP contribution in [0, 0.1) is 0 Å². The fraction of sp³-hybridized carbons (Fsp3) is 0.429. The lowest BCUT2D eigenvalue weighted by Crippen LogP contribution is -2.33. The number of benzene rings is 1. The monoisotopic (exact) mass is 282 g/mol. The van der Waals surface area contributed by atoms with Gasteiger partial charge in [-0.1, -0.05) is 43.3 Å². The number of rotatable bonds is 7. The van der Waals surface area contributed by atoms with E-state index in [1.54, 1.807) is 0 Å². The summed E-state index contributed by atoms with van der Waals surface area (Å²) < 4.78 is 26.1. The molecule has 0 fully saturated rings. The zero-order valence-electron chi connectivity index (χ0n) is 11.6. The first kappa shape index (κ1) is 15.9. The average Bonchev–Trinajstić information content (AvgIpc) is 2.35. The normalized spacial score (nSPS) is 11.8. The third-order valence-corrected chi connectivity index (χ3v) is 4.64. The van der Waals surface area contributed by atoms with Gasteiger partial charge in [0.1, 0.15) is 0 Å². The Kier molecular flexibility index (Phi) is 5.72. The van der Waals surface area contributed by atoms with Crippen LogP contribution in [0.3, 0.4) is 0 Å². The van der Waals surface area contributed by atoms with Crippen molar-refractivity contribution < 1.29 is 8.42 Å². The van der Waals surface area contributed by atoms with E-state index < -0.39 is 10.0 Å². The van der Waals surface area contributed by atoms with Crippen LogP contribution >= 0.6 is 0 Å². The molecule has 0 radical (unpaired) electrons. The lowest BCUT2D eigenvalue weighted by Gasteiger charge is -2.20. The highest BCUT2D eigenvalue weighted by Crippen LogP contribution is 2.13. The van der Waals surface area contributed by atoms with Crippen molar-refractivity contribution in [2.75, 3.05) is 13.1 Å². The Morgan fingerprint density at radius 1 is 1.37 bits per heavy atom. The van der Waals surface area contributed by atoms with Crippen molar-refractivity contribution >= 4 is 10.0 Å². The summed E-state index contributed by atoms with van der Waals surface area (Å²) in [4.78, 5) is 0. The number of sulfonamides is 1. The lowest BCUT2D eigenvalue weighted by molar-refractivity contribution is 0.452. The Balaban J connectivity index is 2.91. The van der Waals surface area contributed by atoms with Crippen LogP contribution in [0.25, 0.3) is 0 Å². The average molecular weight is 282 g/mol. The van der Waals surface area contributed by atoms with E-state index >= 15 is 0 Å². The highest BCUT2D eigenvalue weighted by molar-refractivity contribution is 7.88. The SMILES string of the molecule is C=C(C)CN(CC)S(=O)(=O)Cc1cccc(CN)c1. The second kappa shape index (κ2) is 6.84. The zero-order valence-corrected chi connectivity index (χ0v) is 12.4. The van der Waals surface area contributed by atoms with Crippen LogP contribution in [-0.4, -0.2) is 25.8 Å². The third kappa shape index (κ3) is 4.78. The molecule has 0 aliphatic rings. The maximum absolute atomic E-state index is 12.3. The van der Waals surface area contributed by atoms with Crippen molar-refractivity contribution in [3.8, 4) is 0 Å². The largest absolute Gasteiger partial charge is 0.326 e. The van der Waals surface area contributed by atoms with Gasteiger partial charge >= 0.3 is 0 Å². The molecule has 0 atom stereocenters. The molecule has 0 amide bonds. The van der Waals surface area contributed by atoms with Gasteiger partial charge in [0.2, 0.25) is 10.0 Å². The van der Waals surface area contributed by atoms with Gasteiger partial charge in [0.25, 0.3) is 0 Å². The fourth-order valence-electron chi connectivity index (χ4n) is 1.86. The molecule has 0 saturated carbocycles. The number of nitrogens with two attached hydrogens (primary N) is 1. The van der Waals surface area contributed by atoms with Crippen LogP contribution in [0.1, 0.15) is 25.0 Å². The fourth-order valence-corrected chi connectivity index (χ4v) is 3.45. The van der Waals surface area contributed by atoms with Gasteiger partial charge in [-0.2, -0.15) is 4.31 Å². The maximum atomic E-state index is 12.3. The molecule has 0 bridgehead atoms. The Labute approximate surface area is 116 Å². The van der Waals surface area contributed by atoms with Gasteiger partial charge < -0.3 is 5.73 Å². The highest BCUT2D eigenvalue weighted by Gasteiger charge is 2.20. The van der Waals surface area contributed by atoms with E-state index in [1.807, 2.05) is 38.1 Å². The lowest BCUT2D eigenvalue weighted by atomic mass is 10.1. The first-order chi connectivity index (χ1) is 8.89. The van der Waals surface area contributed by atoms with Crippen molar-refractivity contribution in [1.82, 2.24) is 4.31 Å². The van der Waals surface area contributed by atoms with Crippen molar-refractivity contribution in [1.29, 1.82) is 0 Å². The summed E-state index contributed by atoms with van der Waals surface area (Å²) in [5.74, 6) is 0.00194. The molecule has 0 aliphatic carbocycles. The Bertz CT molecular complexity index is 538. The Hall–Kier alpha value is -1.17. The summed E-state index contributed by atoms with van der Waals surface area (Å²) in [7, 11) is -3.31. The molecule has 0 spiro atoms. The topological polar surface area (TPSA) is 63.4 Å². The maximum Gasteiger partial charge on any atom is 0.218 e. The summed E-state index contributed by atoms with van der Waals surface area (Å²) in [5.41, 5.74) is 8.10. The van der Waals surface area contributed by atoms with Gasteiger partial charge in [-0.05, 0) is 18.1 Å². The number of nitrogens with zero attached hydrogens (tertiary/aromatic N) is 1. The predicted octanol–water partition coefficient (Wildman–Crippen LogP) is 1.87. The Morgan fingerprint density at radius 3 is 2.53 bits per heavy atom. The van der Waals surface area contributed by atoms with E-state index in [1.165, 1.54) is 4.31 Å². The van der Waals surface area contributed by atoms with Gasteiger partial charge in [-0.15, -0.1) is 0 Å². The molecule has 1 rings (SSSR count). The van der Waals surface area contributed by atoms with Crippen LogP contribution in [-0.2, 0) is 22.3 Å². The van der Waals surface area contributed by atoms with Crippen LogP contribution in [0.4, 0.5) is 0 Å². The molecular weight excluding hydrogens is 260 g/mol. The Morgan fingerprint density at radius 2 is 2.00 bits per heavy atom. The van der Waals surface area contributed by atoms with Gasteiger partial charge in [0.15, 0.2) is 0 Å². The van der Waals surface area contributed by atoms with Gasteiger partial charge in [0.05, 0.1) is 5.75 Å². The second-order valence-corrected chi connectivity index (χ2v) is 6.63. The number of hydrogen-bond acceptors (Lipinski definition) is 3. The molecule has 5 heteroatoms.